The highest BCUT2D eigenvalue weighted by Gasteiger charge is 2.59. The van der Waals surface area contributed by atoms with Crippen molar-refractivity contribution in [2.24, 2.45) is 39.7 Å². The molecule has 0 aliphatic heterocycles. The molecular weight excluding hydrogens is 476 g/mol. The van der Waals surface area contributed by atoms with Gasteiger partial charge in [0.05, 0.1) is 39.5 Å². The number of likely N-dealkylation sites (N-methyl/N-ethyl adjacent to an activating group) is 2. The number of aliphatic hydroxyl groups is 1. The zero-order chi connectivity index (χ0) is 27.7. The Balaban J connectivity index is 1.34. The Morgan fingerprint density at radius 3 is 2.61 bits per heavy atom. The second-order valence-electron chi connectivity index (χ2n) is 14.2. The van der Waals surface area contributed by atoms with E-state index in [2.05, 4.69) is 58.5 Å². The van der Waals surface area contributed by atoms with Crippen molar-refractivity contribution in [2.45, 2.75) is 85.2 Å². The van der Waals surface area contributed by atoms with E-state index < -0.39 is 0 Å². The number of amides is 1. The molecule has 0 heterocycles. The normalized spacial score (nSPS) is 37.1. The number of allylic oxidation sites excluding steroid dienone is 1. The molecular formula is C31H55N4O3+. The molecule has 7 nitrogen and oxygen atoms in total. The zero-order valence-corrected chi connectivity index (χ0v) is 25.3. The van der Waals surface area contributed by atoms with Crippen LogP contribution in [-0.4, -0.2) is 86.3 Å². The summed E-state index contributed by atoms with van der Waals surface area (Å²) in [5.74, 6) is 2.58. The van der Waals surface area contributed by atoms with Gasteiger partial charge < -0.3 is 19.8 Å². The van der Waals surface area contributed by atoms with E-state index in [1.54, 1.807) is 4.90 Å². The molecule has 3 fully saturated rings. The number of carbonyl (C=O) groups excluding carboxylic acids is 1. The number of hydrogen-bond donors (Lipinski definition) is 2. The molecule has 0 saturated heterocycles. The van der Waals surface area contributed by atoms with E-state index in [4.69, 9.17) is 4.84 Å². The summed E-state index contributed by atoms with van der Waals surface area (Å²) in [6.45, 7) is 13.0. The minimum Gasteiger partial charge on any atom is -0.389 e. The molecule has 0 bridgehead atoms. The van der Waals surface area contributed by atoms with Crippen LogP contribution in [0, 0.1) is 34.5 Å². The fraction of sp³-hybridized carbons (Fsp3) is 0.871. The van der Waals surface area contributed by atoms with Gasteiger partial charge in [-0.05, 0) is 93.8 Å². The molecule has 3 saturated carbocycles. The molecule has 4 aliphatic carbocycles. The standard InChI is InChI=1S/C31H55N4O3/c1-8-34(19-17-32-18-20-35(5,6)7)29(37)38-33-22(2)26-11-12-27-25-10-9-23-21-24(36)13-15-30(23,3)28(25)14-16-31(26,27)4/h21,24-28,32,36H,8-20H2,1-7H3/q+1/b33-22+/t24-,25-,26+,27-,28-,30-,31+/m0/s1. The van der Waals surface area contributed by atoms with Crippen molar-refractivity contribution >= 4 is 11.8 Å². The maximum absolute atomic E-state index is 12.8. The molecule has 2 N–H and O–H groups in total. The van der Waals surface area contributed by atoms with Crippen LogP contribution in [0.2, 0.25) is 0 Å². The largest absolute Gasteiger partial charge is 0.436 e. The Labute approximate surface area is 231 Å². The van der Waals surface area contributed by atoms with Crippen molar-refractivity contribution in [1.29, 1.82) is 0 Å². The molecule has 0 aromatic heterocycles. The second-order valence-corrected chi connectivity index (χ2v) is 14.2. The number of carbonyl (C=O) groups is 1. The molecule has 7 atom stereocenters. The maximum Gasteiger partial charge on any atom is 0.436 e. The number of quaternary nitrogens is 1. The summed E-state index contributed by atoms with van der Waals surface area (Å²) in [5, 5.41) is 18.1. The number of nitrogens with zero attached hydrogens (tertiary/aromatic N) is 3. The van der Waals surface area contributed by atoms with Crippen LogP contribution in [0.15, 0.2) is 16.8 Å². The van der Waals surface area contributed by atoms with Gasteiger partial charge in [-0.2, -0.15) is 0 Å². The fourth-order valence-electron chi connectivity index (χ4n) is 8.76. The Hall–Kier alpha value is -1.44. The van der Waals surface area contributed by atoms with Gasteiger partial charge in [0.1, 0.15) is 0 Å². The molecule has 1 amide bonds. The number of rotatable bonds is 9. The van der Waals surface area contributed by atoms with Crippen molar-refractivity contribution < 1.29 is 19.2 Å². The molecule has 0 aromatic carbocycles. The minimum absolute atomic E-state index is 0.229. The molecule has 0 spiro atoms. The predicted molar refractivity (Wildman–Crippen MR) is 154 cm³/mol. The van der Waals surface area contributed by atoms with Crippen molar-refractivity contribution in [2.75, 3.05) is 53.9 Å². The second kappa shape index (κ2) is 11.6. The summed E-state index contributed by atoms with van der Waals surface area (Å²) < 4.78 is 0.921. The van der Waals surface area contributed by atoms with Crippen LogP contribution in [0.1, 0.15) is 79.1 Å². The highest BCUT2D eigenvalue weighted by molar-refractivity contribution is 5.85. The Morgan fingerprint density at radius 1 is 1.13 bits per heavy atom. The maximum atomic E-state index is 12.8. The van der Waals surface area contributed by atoms with Crippen molar-refractivity contribution in [1.82, 2.24) is 10.2 Å². The van der Waals surface area contributed by atoms with Gasteiger partial charge >= 0.3 is 6.09 Å². The number of fused-ring (bicyclic) bond motifs is 5. The lowest BCUT2D eigenvalue weighted by Gasteiger charge is -2.58. The zero-order valence-electron chi connectivity index (χ0n) is 25.3. The lowest BCUT2D eigenvalue weighted by molar-refractivity contribution is -0.869. The van der Waals surface area contributed by atoms with E-state index in [0.29, 0.717) is 24.9 Å². The summed E-state index contributed by atoms with van der Waals surface area (Å²) in [7, 11) is 6.55. The topological polar surface area (TPSA) is 74.2 Å². The first-order chi connectivity index (χ1) is 17.9. The van der Waals surface area contributed by atoms with E-state index >= 15 is 0 Å². The first kappa shape index (κ1) is 29.5. The number of hydrogen-bond acceptors (Lipinski definition) is 5. The fourth-order valence-corrected chi connectivity index (χ4v) is 8.76. The summed E-state index contributed by atoms with van der Waals surface area (Å²) in [6.07, 6.45) is 10.9. The average molecular weight is 532 g/mol. The first-order valence-corrected chi connectivity index (χ1v) is 15.3. The van der Waals surface area contributed by atoms with E-state index in [0.717, 1.165) is 67.3 Å². The quantitative estimate of drug-likeness (QED) is 0.109. The van der Waals surface area contributed by atoms with Gasteiger partial charge in [0.25, 0.3) is 0 Å². The molecule has 0 aromatic rings. The smallest absolute Gasteiger partial charge is 0.389 e. The third-order valence-electron chi connectivity index (χ3n) is 11.0. The van der Waals surface area contributed by atoms with Crippen LogP contribution in [-0.2, 0) is 4.84 Å². The van der Waals surface area contributed by atoms with Crippen molar-refractivity contribution in [3.63, 3.8) is 0 Å². The summed E-state index contributed by atoms with van der Waals surface area (Å²) in [4.78, 5) is 20.1. The molecule has 0 unspecified atom stereocenters. The molecule has 38 heavy (non-hydrogen) atoms. The van der Waals surface area contributed by atoms with Gasteiger partial charge in [-0.1, -0.05) is 30.7 Å². The molecule has 216 valence electrons. The van der Waals surface area contributed by atoms with Crippen LogP contribution >= 0.6 is 0 Å². The van der Waals surface area contributed by atoms with Gasteiger partial charge in [-0.15, -0.1) is 0 Å². The van der Waals surface area contributed by atoms with E-state index in [1.807, 2.05) is 6.92 Å². The van der Waals surface area contributed by atoms with E-state index in [1.165, 1.54) is 31.3 Å². The SMILES string of the molecule is CCN(CCNCC[N+](C)(C)C)C(=O)O/N=C(\C)[C@H]1CC[C@H]2[C@@H]3CCC4=C[C@@H](O)CC[C@]4(C)[C@H]3CC[C@]12C. The van der Waals surface area contributed by atoms with E-state index in [9.17, 15) is 9.90 Å². The van der Waals surface area contributed by atoms with Crippen LogP contribution in [0.3, 0.4) is 0 Å². The van der Waals surface area contributed by atoms with E-state index in [-0.39, 0.29) is 23.0 Å². The molecule has 0 radical (unpaired) electrons. The van der Waals surface area contributed by atoms with Gasteiger partial charge in [-0.3, -0.25) is 4.84 Å². The van der Waals surface area contributed by atoms with Gasteiger partial charge in [0.15, 0.2) is 0 Å². The summed E-state index contributed by atoms with van der Waals surface area (Å²) >= 11 is 0. The lowest BCUT2D eigenvalue weighted by Crippen LogP contribution is -2.51. The van der Waals surface area contributed by atoms with Crippen molar-refractivity contribution in [3.05, 3.63) is 11.6 Å². The Kier molecular flexibility index (Phi) is 9.00. The highest BCUT2D eigenvalue weighted by Crippen LogP contribution is 2.66. The molecule has 4 aliphatic rings. The van der Waals surface area contributed by atoms with Gasteiger partial charge in [0.2, 0.25) is 0 Å². The van der Waals surface area contributed by atoms with Crippen LogP contribution in [0.5, 0.6) is 0 Å². The monoisotopic (exact) mass is 531 g/mol. The van der Waals surface area contributed by atoms with Crippen LogP contribution in [0.4, 0.5) is 4.79 Å². The Bertz CT molecular complexity index is 911. The third-order valence-corrected chi connectivity index (χ3v) is 11.0. The number of aliphatic hydroxyl groups excluding tert-OH is 1. The predicted octanol–water partition coefficient (Wildman–Crippen LogP) is 5.06. The average Bonchev–Trinajstić information content (AvgIpc) is 3.21. The highest BCUT2D eigenvalue weighted by atomic mass is 16.7. The first-order valence-electron chi connectivity index (χ1n) is 15.3. The van der Waals surface area contributed by atoms with Gasteiger partial charge in [0, 0.05) is 32.1 Å². The number of nitrogens with one attached hydrogen (secondary N) is 1. The minimum atomic E-state index is -0.345. The Morgan fingerprint density at radius 2 is 1.89 bits per heavy atom. The molecule has 7 heteroatoms. The summed E-state index contributed by atoms with van der Waals surface area (Å²) in [5.41, 5.74) is 3.02. The van der Waals surface area contributed by atoms with Gasteiger partial charge in [-0.25, -0.2) is 4.79 Å². The van der Waals surface area contributed by atoms with Crippen LogP contribution < -0.4 is 5.32 Å². The number of oxime groups is 1. The summed E-state index contributed by atoms with van der Waals surface area (Å²) in [6, 6.07) is 0. The van der Waals surface area contributed by atoms with Crippen molar-refractivity contribution in [3.8, 4) is 0 Å². The lowest BCUT2D eigenvalue weighted by atomic mass is 9.46. The third kappa shape index (κ3) is 6.00. The van der Waals surface area contributed by atoms with Crippen LogP contribution in [0.25, 0.3) is 0 Å². The molecule has 4 rings (SSSR count).